The van der Waals surface area contributed by atoms with E-state index in [4.69, 9.17) is 0 Å². The lowest BCUT2D eigenvalue weighted by molar-refractivity contribution is -0.127. The predicted molar refractivity (Wildman–Crippen MR) is 79.8 cm³/mol. The van der Waals surface area contributed by atoms with Crippen LogP contribution in [0.25, 0.3) is 0 Å². The van der Waals surface area contributed by atoms with Gasteiger partial charge in [-0.1, -0.05) is 19.1 Å². The zero-order chi connectivity index (χ0) is 15.3. The van der Waals surface area contributed by atoms with E-state index in [2.05, 4.69) is 5.32 Å². The van der Waals surface area contributed by atoms with Crippen molar-refractivity contribution in [2.75, 3.05) is 7.05 Å². The number of benzene rings is 1. The first-order chi connectivity index (χ1) is 9.25. The Balaban J connectivity index is 2.62. The van der Waals surface area contributed by atoms with Gasteiger partial charge in [-0.3, -0.25) is 9.69 Å². The Morgan fingerprint density at radius 1 is 1.45 bits per heavy atom. The molecular weight excluding hydrogens is 255 g/mol. The van der Waals surface area contributed by atoms with Gasteiger partial charge < -0.3 is 5.32 Å². The molecule has 0 aliphatic rings. The van der Waals surface area contributed by atoms with Crippen LogP contribution in [0.2, 0.25) is 0 Å². The van der Waals surface area contributed by atoms with E-state index >= 15 is 0 Å². The standard InChI is InChI=1S/C16H25FN2O/c1-6-16(3,4)18-15(20)12(2)19(5)11-13-8-7-9-14(17)10-13/h7-10,12H,6,11H2,1-5H3,(H,18,20)/t12-/m0/s1. The smallest absolute Gasteiger partial charge is 0.237 e. The van der Waals surface area contributed by atoms with Crippen molar-refractivity contribution in [2.24, 2.45) is 0 Å². The molecule has 112 valence electrons. The van der Waals surface area contributed by atoms with Gasteiger partial charge in [-0.2, -0.15) is 0 Å². The molecule has 1 N–H and O–H groups in total. The first-order valence-electron chi connectivity index (χ1n) is 7.02. The highest BCUT2D eigenvalue weighted by Gasteiger charge is 2.24. The highest BCUT2D eigenvalue weighted by atomic mass is 19.1. The Morgan fingerprint density at radius 3 is 2.65 bits per heavy atom. The monoisotopic (exact) mass is 280 g/mol. The van der Waals surface area contributed by atoms with Gasteiger partial charge >= 0.3 is 0 Å². The van der Waals surface area contributed by atoms with Crippen LogP contribution >= 0.6 is 0 Å². The number of amides is 1. The number of carbonyl (C=O) groups excluding carboxylic acids is 1. The number of nitrogens with one attached hydrogen (secondary N) is 1. The zero-order valence-electron chi connectivity index (χ0n) is 13.0. The molecule has 0 aliphatic carbocycles. The Kier molecular flexibility index (Phi) is 5.69. The minimum absolute atomic E-state index is 0.00393. The van der Waals surface area contributed by atoms with Crippen LogP contribution in [0.3, 0.4) is 0 Å². The van der Waals surface area contributed by atoms with Gasteiger partial charge in [-0.25, -0.2) is 4.39 Å². The topological polar surface area (TPSA) is 32.3 Å². The number of hydrogen-bond acceptors (Lipinski definition) is 2. The minimum Gasteiger partial charge on any atom is -0.350 e. The summed E-state index contributed by atoms with van der Waals surface area (Å²) < 4.78 is 13.1. The van der Waals surface area contributed by atoms with Crippen LogP contribution in [0.15, 0.2) is 24.3 Å². The van der Waals surface area contributed by atoms with Crippen LogP contribution in [0.4, 0.5) is 4.39 Å². The lowest BCUT2D eigenvalue weighted by Crippen LogP contribution is -2.50. The van der Waals surface area contributed by atoms with E-state index in [1.54, 1.807) is 6.07 Å². The Morgan fingerprint density at radius 2 is 2.10 bits per heavy atom. The summed E-state index contributed by atoms with van der Waals surface area (Å²) in [5.74, 6) is -0.254. The average Bonchev–Trinajstić information content (AvgIpc) is 2.37. The van der Waals surface area contributed by atoms with Crippen molar-refractivity contribution < 1.29 is 9.18 Å². The summed E-state index contributed by atoms with van der Waals surface area (Å²) in [6, 6.07) is 6.20. The number of rotatable bonds is 6. The van der Waals surface area contributed by atoms with E-state index in [1.165, 1.54) is 12.1 Å². The summed E-state index contributed by atoms with van der Waals surface area (Å²) in [7, 11) is 1.87. The number of halogens is 1. The molecule has 0 unspecified atom stereocenters. The van der Waals surface area contributed by atoms with E-state index in [0.29, 0.717) is 6.54 Å². The highest BCUT2D eigenvalue weighted by molar-refractivity contribution is 5.81. The highest BCUT2D eigenvalue weighted by Crippen LogP contribution is 2.11. The van der Waals surface area contributed by atoms with Crippen LogP contribution < -0.4 is 5.32 Å². The molecule has 1 atom stereocenters. The molecule has 0 aliphatic heterocycles. The first-order valence-corrected chi connectivity index (χ1v) is 7.02. The predicted octanol–water partition coefficient (Wildman–Crippen LogP) is 2.95. The quantitative estimate of drug-likeness (QED) is 0.869. The molecular formula is C16H25FN2O. The second-order valence-corrected chi connectivity index (χ2v) is 5.95. The maximum Gasteiger partial charge on any atom is 0.237 e. The molecule has 0 heterocycles. The summed E-state index contributed by atoms with van der Waals surface area (Å²) in [6.45, 7) is 8.45. The fourth-order valence-corrected chi connectivity index (χ4v) is 1.79. The number of carbonyl (C=O) groups is 1. The van der Waals surface area contributed by atoms with Crippen LogP contribution in [0, 0.1) is 5.82 Å². The first kappa shape index (κ1) is 16.6. The third kappa shape index (κ3) is 4.93. The van der Waals surface area contributed by atoms with E-state index < -0.39 is 0 Å². The number of likely N-dealkylation sites (N-methyl/N-ethyl adjacent to an activating group) is 1. The molecule has 20 heavy (non-hydrogen) atoms. The SMILES string of the molecule is CCC(C)(C)NC(=O)[C@H](C)N(C)Cc1cccc(F)c1. The van der Waals surface area contributed by atoms with Crippen LogP contribution in [-0.2, 0) is 11.3 Å². The molecule has 0 fully saturated rings. The molecule has 0 saturated heterocycles. The van der Waals surface area contributed by atoms with Crippen molar-refractivity contribution in [1.82, 2.24) is 10.2 Å². The lowest BCUT2D eigenvalue weighted by Gasteiger charge is -2.30. The van der Waals surface area contributed by atoms with Crippen LogP contribution in [0.5, 0.6) is 0 Å². The molecule has 0 saturated carbocycles. The maximum absolute atomic E-state index is 13.1. The lowest BCUT2D eigenvalue weighted by atomic mass is 10.0. The van der Waals surface area contributed by atoms with E-state index in [1.807, 2.05) is 45.7 Å². The summed E-state index contributed by atoms with van der Waals surface area (Å²) in [6.07, 6.45) is 0.874. The van der Waals surface area contributed by atoms with Gasteiger partial charge in [0.2, 0.25) is 5.91 Å². The Bertz CT molecular complexity index is 460. The molecule has 0 bridgehead atoms. The van der Waals surface area contributed by atoms with Gasteiger partial charge in [0.1, 0.15) is 5.82 Å². The second-order valence-electron chi connectivity index (χ2n) is 5.95. The summed E-state index contributed by atoms with van der Waals surface area (Å²) in [5.41, 5.74) is 0.660. The summed E-state index contributed by atoms with van der Waals surface area (Å²) >= 11 is 0. The van der Waals surface area contributed by atoms with Gasteiger partial charge in [0.15, 0.2) is 0 Å². The van der Waals surface area contributed by atoms with Crippen molar-refractivity contribution in [1.29, 1.82) is 0 Å². The number of hydrogen-bond donors (Lipinski definition) is 1. The third-order valence-electron chi connectivity index (χ3n) is 3.71. The summed E-state index contributed by atoms with van der Waals surface area (Å²) in [5, 5.41) is 3.03. The van der Waals surface area contributed by atoms with E-state index in [0.717, 1.165) is 12.0 Å². The van der Waals surface area contributed by atoms with Gasteiger partial charge in [-0.15, -0.1) is 0 Å². The zero-order valence-corrected chi connectivity index (χ0v) is 13.0. The maximum atomic E-state index is 13.1. The second kappa shape index (κ2) is 6.84. The van der Waals surface area contributed by atoms with Crippen molar-refractivity contribution in [3.63, 3.8) is 0 Å². The molecule has 0 radical (unpaired) electrons. The Hall–Kier alpha value is -1.42. The van der Waals surface area contributed by atoms with Crippen LogP contribution in [0.1, 0.15) is 39.7 Å². The van der Waals surface area contributed by atoms with Crippen LogP contribution in [-0.4, -0.2) is 29.4 Å². The van der Waals surface area contributed by atoms with Crippen molar-refractivity contribution in [2.45, 2.75) is 52.2 Å². The largest absolute Gasteiger partial charge is 0.350 e. The molecule has 1 aromatic rings. The third-order valence-corrected chi connectivity index (χ3v) is 3.71. The van der Waals surface area contributed by atoms with Gasteiger partial charge in [0, 0.05) is 12.1 Å². The van der Waals surface area contributed by atoms with Crippen molar-refractivity contribution in [3.8, 4) is 0 Å². The molecule has 0 spiro atoms. The summed E-state index contributed by atoms with van der Waals surface area (Å²) in [4.78, 5) is 14.1. The van der Waals surface area contributed by atoms with Crippen molar-refractivity contribution >= 4 is 5.91 Å². The molecule has 1 amide bonds. The number of nitrogens with zero attached hydrogens (tertiary/aromatic N) is 1. The van der Waals surface area contributed by atoms with Gasteiger partial charge in [-0.05, 0) is 51.9 Å². The van der Waals surface area contributed by atoms with Gasteiger partial charge in [0.05, 0.1) is 6.04 Å². The fraction of sp³-hybridized carbons (Fsp3) is 0.562. The van der Waals surface area contributed by atoms with E-state index in [9.17, 15) is 9.18 Å². The van der Waals surface area contributed by atoms with Gasteiger partial charge in [0.25, 0.3) is 0 Å². The molecule has 1 aromatic carbocycles. The molecule has 0 aromatic heterocycles. The molecule has 4 heteroatoms. The van der Waals surface area contributed by atoms with Crippen molar-refractivity contribution in [3.05, 3.63) is 35.6 Å². The molecule has 3 nitrogen and oxygen atoms in total. The fourth-order valence-electron chi connectivity index (χ4n) is 1.79. The molecule has 1 rings (SSSR count). The normalized spacial score (nSPS) is 13.3. The average molecular weight is 280 g/mol. The minimum atomic E-state index is -0.260. The van der Waals surface area contributed by atoms with E-state index in [-0.39, 0.29) is 23.3 Å². The Labute approximate surface area is 121 Å².